The Balaban J connectivity index is 1.84. The molecule has 1 heterocycles. The number of benzene rings is 1. The average Bonchev–Trinajstić information content (AvgIpc) is 3.13. The molecule has 1 saturated heterocycles. The van der Waals surface area contributed by atoms with Crippen LogP contribution in [-0.4, -0.2) is 39.8 Å². The minimum atomic E-state index is -3.70. The summed E-state index contributed by atoms with van der Waals surface area (Å²) in [7, 11) is -6.99. The zero-order chi connectivity index (χ0) is 17.8. The average molecular weight is 372 g/mol. The molecule has 0 spiro atoms. The third kappa shape index (κ3) is 2.90. The largest absolute Gasteiger partial charge is 0.270 e. The first-order chi connectivity index (χ1) is 11.1. The number of aryl methyl sites for hydroxylation is 1. The van der Waals surface area contributed by atoms with Crippen molar-refractivity contribution in [3.63, 3.8) is 0 Å². The highest BCUT2D eigenvalue weighted by Crippen LogP contribution is 2.42. The van der Waals surface area contributed by atoms with Gasteiger partial charge in [-0.05, 0) is 56.9 Å². The molecule has 132 valence electrons. The molecule has 0 unspecified atom stereocenters. The first kappa shape index (κ1) is 17.2. The molecule has 1 amide bonds. The van der Waals surface area contributed by atoms with Gasteiger partial charge in [0.25, 0.3) is 5.91 Å². The van der Waals surface area contributed by atoms with E-state index >= 15 is 0 Å². The Morgan fingerprint density at radius 2 is 1.96 bits per heavy atom. The fourth-order valence-corrected chi connectivity index (χ4v) is 5.53. The predicted molar refractivity (Wildman–Crippen MR) is 91.0 cm³/mol. The Morgan fingerprint density at radius 1 is 1.29 bits per heavy atom. The van der Waals surface area contributed by atoms with Crippen molar-refractivity contribution in [3.05, 3.63) is 29.3 Å². The Bertz CT molecular complexity index is 902. The molecule has 1 aliphatic heterocycles. The van der Waals surface area contributed by atoms with Gasteiger partial charge in [0.15, 0.2) is 0 Å². The lowest BCUT2D eigenvalue weighted by Gasteiger charge is -2.18. The van der Waals surface area contributed by atoms with Crippen LogP contribution < -0.4 is 9.03 Å². The molecule has 2 fully saturated rings. The zero-order valence-corrected chi connectivity index (χ0v) is 15.2. The van der Waals surface area contributed by atoms with Crippen molar-refractivity contribution in [3.8, 4) is 0 Å². The predicted octanol–water partition coefficient (Wildman–Crippen LogP) is 1.15. The van der Waals surface area contributed by atoms with Crippen LogP contribution in [0.5, 0.6) is 0 Å². The molecule has 1 aromatic rings. The van der Waals surface area contributed by atoms with Crippen LogP contribution in [0.1, 0.15) is 42.1 Å². The normalized spacial score (nSPS) is 21.5. The smallest absolute Gasteiger partial charge is 0.265 e. The van der Waals surface area contributed by atoms with Gasteiger partial charge in [-0.25, -0.2) is 21.6 Å². The van der Waals surface area contributed by atoms with E-state index in [1.807, 2.05) is 0 Å². The maximum Gasteiger partial charge on any atom is 0.265 e. The summed E-state index contributed by atoms with van der Waals surface area (Å²) in [6.45, 7) is 3.68. The molecule has 9 heteroatoms. The van der Waals surface area contributed by atoms with Gasteiger partial charge in [-0.1, -0.05) is 0 Å². The highest BCUT2D eigenvalue weighted by Gasteiger charge is 2.50. The van der Waals surface area contributed by atoms with Crippen LogP contribution in [0, 0.1) is 6.92 Å². The van der Waals surface area contributed by atoms with Gasteiger partial charge in [-0.15, -0.1) is 0 Å². The van der Waals surface area contributed by atoms with Gasteiger partial charge >= 0.3 is 0 Å². The topological polar surface area (TPSA) is 101 Å². The molecular formula is C15H20N2O5S2. The fraction of sp³-hybridized carbons (Fsp3) is 0.533. The second-order valence-corrected chi connectivity index (χ2v) is 10.8. The molecule has 2 aliphatic rings. The van der Waals surface area contributed by atoms with E-state index in [9.17, 15) is 21.6 Å². The monoisotopic (exact) mass is 372 g/mol. The lowest BCUT2D eigenvalue weighted by atomic mass is 10.1. The minimum absolute atomic E-state index is 0.116. The number of carbonyl (C=O) groups excluding carboxylic acids is 1. The molecule has 1 aliphatic carbocycles. The summed E-state index contributed by atoms with van der Waals surface area (Å²) >= 11 is 0. The van der Waals surface area contributed by atoms with Crippen LogP contribution in [0.3, 0.4) is 0 Å². The van der Waals surface area contributed by atoms with Crippen molar-refractivity contribution in [1.29, 1.82) is 0 Å². The van der Waals surface area contributed by atoms with E-state index in [0.29, 0.717) is 37.1 Å². The molecule has 0 bridgehead atoms. The standard InChI is InChI=1S/C15H20N2O5S2/c1-11-10-12(17-8-3-9-23(17,19)20)4-5-13(11)14(18)16-24(21,22)15(2)6-7-15/h4-5,10H,3,6-9H2,1-2H3,(H,16,18). The second-order valence-electron chi connectivity index (χ2n) is 6.63. The third-order valence-corrected chi connectivity index (χ3v) is 8.70. The van der Waals surface area contributed by atoms with Gasteiger partial charge in [0, 0.05) is 12.1 Å². The summed E-state index contributed by atoms with van der Waals surface area (Å²) in [6.07, 6.45) is 1.65. The summed E-state index contributed by atoms with van der Waals surface area (Å²) < 4.78 is 50.8. The van der Waals surface area contributed by atoms with Gasteiger partial charge < -0.3 is 0 Å². The summed E-state index contributed by atoms with van der Waals surface area (Å²) in [4.78, 5) is 12.3. The molecule has 1 saturated carbocycles. The summed E-state index contributed by atoms with van der Waals surface area (Å²) in [5.41, 5.74) is 1.25. The Morgan fingerprint density at radius 3 is 2.46 bits per heavy atom. The maximum atomic E-state index is 12.3. The molecule has 0 atom stereocenters. The van der Waals surface area contributed by atoms with Crippen molar-refractivity contribution in [2.24, 2.45) is 0 Å². The van der Waals surface area contributed by atoms with Crippen LogP contribution in [0.4, 0.5) is 5.69 Å². The number of hydrogen-bond donors (Lipinski definition) is 1. The summed E-state index contributed by atoms with van der Waals surface area (Å²) in [6, 6.07) is 4.61. The molecule has 24 heavy (non-hydrogen) atoms. The Hall–Kier alpha value is -1.61. The van der Waals surface area contributed by atoms with Crippen LogP contribution >= 0.6 is 0 Å². The summed E-state index contributed by atoms with van der Waals surface area (Å²) in [5.74, 6) is -0.568. The highest BCUT2D eigenvalue weighted by molar-refractivity contribution is 7.93. The molecule has 0 aromatic heterocycles. The van der Waals surface area contributed by atoms with Gasteiger partial charge in [0.2, 0.25) is 20.0 Å². The van der Waals surface area contributed by atoms with E-state index < -0.39 is 30.7 Å². The van der Waals surface area contributed by atoms with Gasteiger partial charge in [0.05, 0.1) is 16.2 Å². The van der Waals surface area contributed by atoms with E-state index in [0.717, 1.165) is 0 Å². The van der Waals surface area contributed by atoms with Crippen molar-refractivity contribution in [2.45, 2.75) is 37.9 Å². The van der Waals surface area contributed by atoms with Crippen molar-refractivity contribution >= 4 is 31.6 Å². The molecule has 7 nitrogen and oxygen atoms in total. The van der Waals surface area contributed by atoms with E-state index in [1.165, 1.54) is 16.4 Å². The van der Waals surface area contributed by atoms with Crippen LogP contribution in [-0.2, 0) is 20.0 Å². The molecule has 1 aromatic carbocycles. The zero-order valence-electron chi connectivity index (χ0n) is 13.6. The van der Waals surface area contributed by atoms with Gasteiger partial charge in [-0.3, -0.25) is 9.10 Å². The Labute approximate surface area is 142 Å². The first-order valence-corrected chi connectivity index (χ1v) is 10.8. The molecule has 0 radical (unpaired) electrons. The molecule has 3 rings (SSSR count). The first-order valence-electron chi connectivity index (χ1n) is 7.74. The number of carbonyl (C=O) groups is 1. The third-order valence-electron chi connectivity index (χ3n) is 4.67. The molecule has 1 N–H and O–H groups in total. The van der Waals surface area contributed by atoms with Crippen LogP contribution in [0.25, 0.3) is 0 Å². The van der Waals surface area contributed by atoms with E-state index in [1.54, 1.807) is 19.9 Å². The highest BCUT2D eigenvalue weighted by atomic mass is 32.2. The quantitative estimate of drug-likeness (QED) is 0.854. The van der Waals surface area contributed by atoms with Gasteiger partial charge in [0.1, 0.15) is 0 Å². The lowest BCUT2D eigenvalue weighted by molar-refractivity contribution is 0.0980. The lowest BCUT2D eigenvalue weighted by Crippen LogP contribution is -2.38. The van der Waals surface area contributed by atoms with Crippen LogP contribution in [0.2, 0.25) is 0 Å². The van der Waals surface area contributed by atoms with E-state index in [2.05, 4.69) is 4.72 Å². The number of hydrogen-bond acceptors (Lipinski definition) is 5. The number of nitrogens with one attached hydrogen (secondary N) is 1. The van der Waals surface area contributed by atoms with Crippen molar-refractivity contribution in [2.75, 3.05) is 16.6 Å². The van der Waals surface area contributed by atoms with Crippen molar-refractivity contribution in [1.82, 2.24) is 4.72 Å². The van der Waals surface area contributed by atoms with Gasteiger partial charge in [-0.2, -0.15) is 0 Å². The van der Waals surface area contributed by atoms with Crippen LogP contribution in [0.15, 0.2) is 18.2 Å². The maximum absolute atomic E-state index is 12.3. The SMILES string of the molecule is Cc1cc(N2CCCS2(=O)=O)ccc1C(=O)NS(=O)(=O)C1(C)CC1. The van der Waals surface area contributed by atoms with Crippen molar-refractivity contribution < 1.29 is 21.6 Å². The number of rotatable bonds is 4. The minimum Gasteiger partial charge on any atom is -0.270 e. The number of anilines is 1. The van der Waals surface area contributed by atoms with E-state index in [-0.39, 0.29) is 11.3 Å². The number of sulfonamides is 2. The summed E-state index contributed by atoms with van der Waals surface area (Å²) in [5, 5.41) is 0. The molecular weight excluding hydrogens is 352 g/mol. The fourth-order valence-electron chi connectivity index (χ4n) is 2.73. The second kappa shape index (κ2) is 5.45. The number of amides is 1. The number of nitrogens with zero attached hydrogens (tertiary/aromatic N) is 1. The van der Waals surface area contributed by atoms with E-state index in [4.69, 9.17) is 0 Å². The Kier molecular flexibility index (Phi) is 3.91.